The first-order chi connectivity index (χ1) is 23.8. The van der Waals surface area contributed by atoms with Crippen molar-refractivity contribution >= 4 is 57.4 Å². The molecule has 7 nitrogen and oxygen atoms in total. The number of halogens is 1. The molecule has 1 aromatic heterocycles. The van der Waals surface area contributed by atoms with Crippen molar-refractivity contribution in [1.82, 2.24) is 4.90 Å². The number of hydrogen-bond acceptors (Lipinski definition) is 8. The van der Waals surface area contributed by atoms with Crippen LogP contribution in [0.25, 0.3) is 20.2 Å². The molecule has 0 spiro atoms. The SMILES string of the molecule is CCCCC(CC)COP(=O)(Oc1ccccc1)Oc1ccccc1.CCN(CC)CCNc1ccc(C)c2sc3ccccc3c(=O)c12.Cl. The summed E-state index contributed by atoms with van der Waals surface area (Å²) in [6, 6.07) is 30.0. The molecule has 1 heterocycles. The van der Waals surface area contributed by atoms with E-state index in [1.807, 2.05) is 66.7 Å². The highest BCUT2D eigenvalue weighted by molar-refractivity contribution is 7.49. The number of benzene rings is 4. The van der Waals surface area contributed by atoms with Crippen molar-refractivity contribution in [3.8, 4) is 11.5 Å². The first-order valence-electron chi connectivity index (χ1n) is 17.5. The largest absolute Gasteiger partial charge is 0.587 e. The number of para-hydroxylation sites is 2. The molecule has 0 saturated heterocycles. The van der Waals surface area contributed by atoms with Crippen molar-refractivity contribution in [1.29, 1.82) is 0 Å². The molecule has 0 aliphatic carbocycles. The second kappa shape index (κ2) is 21.1. The third-order valence-corrected chi connectivity index (χ3v) is 11.1. The van der Waals surface area contributed by atoms with Gasteiger partial charge in [0.1, 0.15) is 11.5 Å². The minimum atomic E-state index is -3.76. The first-order valence-corrected chi connectivity index (χ1v) is 19.7. The Morgan fingerprint density at radius 3 is 2.00 bits per heavy atom. The minimum absolute atomic E-state index is 0. The van der Waals surface area contributed by atoms with Crippen molar-refractivity contribution in [2.75, 3.05) is 38.1 Å². The predicted octanol–water partition coefficient (Wildman–Crippen LogP) is 11.4. The molecule has 270 valence electrons. The molecule has 0 aliphatic heterocycles. The van der Waals surface area contributed by atoms with Crippen LogP contribution in [-0.4, -0.2) is 37.7 Å². The number of nitrogens with one attached hydrogen (secondary N) is 1. The fourth-order valence-electron chi connectivity index (χ4n) is 5.45. The van der Waals surface area contributed by atoms with Gasteiger partial charge >= 0.3 is 7.82 Å². The standard InChI is InChI=1S/C20H24N2OS.C20H27O4P.ClH/c1-4-22(5-2)13-12-21-16-11-10-14(3)20-18(16)19(23)15-8-6-7-9-17(15)24-20;1-3-5-12-18(4-2)17-22-25(21,23-19-13-8-6-9-14-19)24-20-15-10-7-11-16-20;/h6-11,21H,4-5,12-13H2,1-3H3;6-11,13-16,18H,3-5,12,17H2,1-2H3;1H. The molecule has 1 unspecified atom stereocenters. The number of nitrogens with zero attached hydrogens (tertiary/aromatic N) is 1. The Labute approximate surface area is 308 Å². The van der Waals surface area contributed by atoms with Crippen LogP contribution in [0.4, 0.5) is 5.69 Å². The molecular formula is C40H52ClN2O5PS. The van der Waals surface area contributed by atoms with Gasteiger partial charge in [0.15, 0.2) is 5.43 Å². The number of anilines is 1. The summed E-state index contributed by atoms with van der Waals surface area (Å²) in [6.45, 7) is 15.0. The van der Waals surface area contributed by atoms with Crippen LogP contribution >= 0.6 is 31.6 Å². The van der Waals surface area contributed by atoms with Crippen molar-refractivity contribution in [2.24, 2.45) is 5.92 Å². The van der Waals surface area contributed by atoms with Gasteiger partial charge in [-0.2, -0.15) is 0 Å². The van der Waals surface area contributed by atoms with Gasteiger partial charge in [0.25, 0.3) is 0 Å². The molecule has 0 fully saturated rings. The lowest BCUT2D eigenvalue weighted by atomic mass is 10.0. The molecule has 0 saturated carbocycles. The molecule has 1 atom stereocenters. The van der Waals surface area contributed by atoms with E-state index in [0.29, 0.717) is 24.0 Å². The molecule has 5 rings (SSSR count). The number of phosphoric acid groups is 1. The molecule has 0 radical (unpaired) electrons. The maximum Gasteiger partial charge on any atom is 0.587 e. The van der Waals surface area contributed by atoms with Gasteiger partial charge in [0.2, 0.25) is 0 Å². The van der Waals surface area contributed by atoms with Gasteiger partial charge in [-0.25, -0.2) is 4.57 Å². The van der Waals surface area contributed by atoms with E-state index in [1.165, 1.54) is 0 Å². The maximum atomic E-state index is 13.2. The van der Waals surface area contributed by atoms with Gasteiger partial charge in [0.05, 0.1) is 12.0 Å². The zero-order valence-corrected chi connectivity index (χ0v) is 32.5. The van der Waals surface area contributed by atoms with E-state index in [4.69, 9.17) is 13.6 Å². The summed E-state index contributed by atoms with van der Waals surface area (Å²) in [5.41, 5.74) is 2.25. The number of fused-ring (bicyclic) bond motifs is 2. The quantitative estimate of drug-likeness (QED) is 0.0751. The zero-order chi connectivity index (χ0) is 35.1. The third-order valence-electron chi connectivity index (χ3n) is 8.50. The normalized spacial score (nSPS) is 11.8. The number of unbranched alkanes of at least 4 members (excludes halogenated alkanes) is 1. The Balaban J connectivity index is 0.000000265. The number of likely N-dealkylation sites (N-methyl/N-ethyl adjacent to an activating group) is 1. The first kappa shape index (κ1) is 41.0. The van der Waals surface area contributed by atoms with Gasteiger partial charge in [-0.3, -0.25) is 9.32 Å². The lowest BCUT2D eigenvalue weighted by Gasteiger charge is -2.21. The summed E-state index contributed by atoms with van der Waals surface area (Å²) in [4.78, 5) is 15.4. The minimum Gasteiger partial charge on any atom is -0.395 e. The second-order valence-electron chi connectivity index (χ2n) is 12.0. The van der Waals surface area contributed by atoms with Crippen LogP contribution in [0.2, 0.25) is 0 Å². The number of rotatable bonds is 17. The average molecular weight is 739 g/mol. The summed E-state index contributed by atoms with van der Waals surface area (Å²) in [5, 5.41) is 5.13. The molecule has 50 heavy (non-hydrogen) atoms. The Hall–Kier alpha value is -3.39. The molecule has 10 heteroatoms. The lowest BCUT2D eigenvalue weighted by Crippen LogP contribution is -2.28. The van der Waals surface area contributed by atoms with Crippen LogP contribution in [0.1, 0.15) is 58.9 Å². The van der Waals surface area contributed by atoms with Gasteiger partial charge < -0.3 is 19.3 Å². The smallest absolute Gasteiger partial charge is 0.395 e. The second-order valence-corrected chi connectivity index (χ2v) is 14.6. The lowest BCUT2D eigenvalue weighted by molar-refractivity contribution is 0.170. The molecule has 5 aromatic rings. The molecule has 1 N–H and O–H groups in total. The van der Waals surface area contributed by atoms with Gasteiger partial charge in [0, 0.05) is 33.6 Å². The van der Waals surface area contributed by atoms with E-state index in [1.54, 1.807) is 35.6 Å². The van der Waals surface area contributed by atoms with Crippen LogP contribution in [0.5, 0.6) is 11.5 Å². The van der Waals surface area contributed by atoms with Gasteiger partial charge in [-0.05, 0) is 80.4 Å². The van der Waals surface area contributed by atoms with Crippen molar-refractivity contribution in [3.05, 3.63) is 113 Å². The van der Waals surface area contributed by atoms with E-state index in [9.17, 15) is 9.36 Å². The summed E-state index contributed by atoms with van der Waals surface area (Å²) < 4.78 is 32.3. The highest BCUT2D eigenvalue weighted by atomic mass is 35.5. The van der Waals surface area contributed by atoms with Crippen LogP contribution in [-0.2, 0) is 9.09 Å². The van der Waals surface area contributed by atoms with Crippen LogP contribution < -0.4 is 19.8 Å². The van der Waals surface area contributed by atoms with Gasteiger partial charge in [-0.1, -0.05) is 102 Å². The molecular weight excluding hydrogens is 687 g/mol. The molecule has 0 amide bonds. The topological polar surface area (TPSA) is 77.1 Å². The zero-order valence-electron chi connectivity index (χ0n) is 29.9. The fraction of sp³-hybridized carbons (Fsp3) is 0.375. The predicted molar refractivity (Wildman–Crippen MR) is 215 cm³/mol. The molecule has 0 aliphatic rings. The highest BCUT2D eigenvalue weighted by Crippen LogP contribution is 2.50. The number of hydrogen-bond donors (Lipinski definition) is 1. The third kappa shape index (κ3) is 11.9. The number of phosphoric ester groups is 1. The van der Waals surface area contributed by atoms with Gasteiger partial charge in [-0.15, -0.1) is 23.7 Å². The molecule has 0 bridgehead atoms. The van der Waals surface area contributed by atoms with Crippen molar-refractivity contribution in [3.63, 3.8) is 0 Å². The van der Waals surface area contributed by atoms with E-state index in [-0.39, 0.29) is 17.8 Å². The Bertz CT molecular complexity index is 1790. The van der Waals surface area contributed by atoms with E-state index in [2.05, 4.69) is 50.9 Å². The van der Waals surface area contributed by atoms with E-state index in [0.717, 1.165) is 83.3 Å². The summed E-state index contributed by atoms with van der Waals surface area (Å²) in [7, 11) is -3.76. The Morgan fingerprint density at radius 1 is 0.820 bits per heavy atom. The van der Waals surface area contributed by atoms with Crippen molar-refractivity contribution in [2.45, 2.75) is 60.3 Å². The summed E-state index contributed by atoms with van der Waals surface area (Å²) in [6.07, 6.45) is 4.28. The maximum absolute atomic E-state index is 13.2. The monoisotopic (exact) mass is 738 g/mol. The Kier molecular flexibility index (Phi) is 17.3. The van der Waals surface area contributed by atoms with E-state index >= 15 is 0 Å². The van der Waals surface area contributed by atoms with Crippen LogP contribution in [0.3, 0.4) is 0 Å². The Morgan fingerprint density at radius 2 is 1.42 bits per heavy atom. The summed E-state index contributed by atoms with van der Waals surface area (Å²) >= 11 is 1.70. The van der Waals surface area contributed by atoms with Crippen molar-refractivity contribution < 1.29 is 18.1 Å². The number of aryl methyl sites for hydroxylation is 1. The fourth-order valence-corrected chi connectivity index (χ4v) is 7.92. The highest BCUT2D eigenvalue weighted by Gasteiger charge is 2.32. The van der Waals surface area contributed by atoms with Crippen LogP contribution in [0, 0.1) is 12.8 Å². The van der Waals surface area contributed by atoms with Crippen LogP contribution in [0.15, 0.2) is 102 Å². The molecule has 4 aromatic carbocycles. The van der Waals surface area contributed by atoms with E-state index < -0.39 is 7.82 Å². The summed E-state index contributed by atoms with van der Waals surface area (Å²) in [5.74, 6) is 1.26. The average Bonchev–Trinajstić information content (AvgIpc) is 3.12.